The van der Waals surface area contributed by atoms with Crippen LogP contribution >= 0.6 is 0 Å². The number of aliphatic hydroxyl groups is 1. The van der Waals surface area contributed by atoms with Crippen molar-refractivity contribution < 1.29 is 14.6 Å². The first-order valence-corrected chi connectivity index (χ1v) is 8.26. The quantitative estimate of drug-likeness (QED) is 0.785. The van der Waals surface area contributed by atoms with Crippen LogP contribution in [0.5, 0.6) is 0 Å². The van der Waals surface area contributed by atoms with Crippen molar-refractivity contribution in [2.24, 2.45) is 17.3 Å². The lowest BCUT2D eigenvalue weighted by Crippen LogP contribution is -2.46. The molecule has 0 aromatic rings. The van der Waals surface area contributed by atoms with Gasteiger partial charge in [0, 0.05) is 12.0 Å². The Labute approximate surface area is 129 Å². The second kappa shape index (κ2) is 7.48. The summed E-state index contributed by atoms with van der Waals surface area (Å²) in [7, 11) is 0. The van der Waals surface area contributed by atoms with Gasteiger partial charge in [0.15, 0.2) is 0 Å². The van der Waals surface area contributed by atoms with Crippen LogP contribution in [0.15, 0.2) is 0 Å². The van der Waals surface area contributed by atoms with Crippen LogP contribution in [0.2, 0.25) is 0 Å². The number of ether oxygens (including phenoxy) is 1. The molecule has 2 N–H and O–H groups in total. The van der Waals surface area contributed by atoms with Crippen LogP contribution in [0.25, 0.3) is 0 Å². The Balaban J connectivity index is 2.62. The number of amides is 1. The molecule has 0 aromatic heterocycles. The van der Waals surface area contributed by atoms with Crippen molar-refractivity contribution in [3.8, 4) is 0 Å². The van der Waals surface area contributed by atoms with Gasteiger partial charge in [-0.15, -0.1) is 0 Å². The van der Waals surface area contributed by atoms with E-state index >= 15 is 0 Å². The summed E-state index contributed by atoms with van der Waals surface area (Å²) in [6.45, 7) is 10.4. The minimum atomic E-state index is -0.491. The fourth-order valence-electron chi connectivity index (χ4n) is 3.17. The largest absolute Gasteiger partial charge is 0.444 e. The van der Waals surface area contributed by atoms with E-state index in [2.05, 4.69) is 19.2 Å². The van der Waals surface area contributed by atoms with Crippen LogP contribution in [0.4, 0.5) is 4.79 Å². The standard InChI is InChI=1S/C17H33NO3/c1-13(2)17(12-19,10-14-8-6-7-9-14)11-18-15(20)21-16(3,4)5/h13-14,19H,6-12H2,1-5H3,(H,18,20). The Kier molecular flexibility index (Phi) is 6.51. The molecule has 0 aliphatic heterocycles. The van der Waals surface area contributed by atoms with E-state index in [0.717, 1.165) is 6.42 Å². The number of carbonyl (C=O) groups excluding carboxylic acids is 1. The van der Waals surface area contributed by atoms with Crippen molar-refractivity contribution in [1.29, 1.82) is 0 Å². The normalized spacial score (nSPS) is 19.6. The van der Waals surface area contributed by atoms with E-state index in [1.54, 1.807) is 0 Å². The molecule has 124 valence electrons. The fourth-order valence-corrected chi connectivity index (χ4v) is 3.17. The maximum atomic E-state index is 11.9. The van der Waals surface area contributed by atoms with Gasteiger partial charge in [0.1, 0.15) is 5.60 Å². The highest BCUT2D eigenvalue weighted by Crippen LogP contribution is 2.40. The SMILES string of the molecule is CC(C)C(CO)(CNC(=O)OC(C)(C)C)CC1CCCC1. The lowest BCUT2D eigenvalue weighted by molar-refractivity contribution is 0.0303. The maximum absolute atomic E-state index is 11.9. The molecule has 0 radical (unpaired) electrons. The summed E-state index contributed by atoms with van der Waals surface area (Å²) in [6, 6.07) is 0. The fraction of sp³-hybridized carbons (Fsp3) is 0.941. The third kappa shape index (κ3) is 5.85. The van der Waals surface area contributed by atoms with Crippen molar-refractivity contribution in [1.82, 2.24) is 5.32 Å². The lowest BCUT2D eigenvalue weighted by atomic mass is 9.71. The zero-order chi connectivity index (χ0) is 16.1. The smallest absolute Gasteiger partial charge is 0.407 e. The van der Waals surface area contributed by atoms with Crippen molar-refractivity contribution in [2.75, 3.05) is 13.2 Å². The molecule has 0 spiro atoms. The van der Waals surface area contributed by atoms with E-state index in [0.29, 0.717) is 18.4 Å². The summed E-state index contributed by atoms with van der Waals surface area (Å²) in [6.07, 6.45) is 5.68. The Hall–Kier alpha value is -0.770. The first-order valence-electron chi connectivity index (χ1n) is 8.26. The minimum absolute atomic E-state index is 0.108. The summed E-state index contributed by atoms with van der Waals surface area (Å²) >= 11 is 0. The van der Waals surface area contributed by atoms with E-state index in [1.807, 2.05) is 20.8 Å². The monoisotopic (exact) mass is 299 g/mol. The number of rotatable bonds is 6. The Morgan fingerprint density at radius 2 is 1.86 bits per heavy atom. The van der Waals surface area contributed by atoms with Gasteiger partial charge in [0.05, 0.1) is 6.61 Å². The molecule has 4 nitrogen and oxygen atoms in total. The summed E-state index contributed by atoms with van der Waals surface area (Å²) in [5, 5.41) is 12.8. The molecule has 0 aromatic carbocycles. The van der Waals surface area contributed by atoms with Gasteiger partial charge in [-0.25, -0.2) is 4.79 Å². The Bertz CT molecular complexity index is 329. The highest BCUT2D eigenvalue weighted by molar-refractivity contribution is 5.67. The summed E-state index contributed by atoms with van der Waals surface area (Å²) < 4.78 is 5.30. The molecule has 1 fully saturated rings. The van der Waals surface area contributed by atoms with Crippen LogP contribution in [-0.2, 0) is 4.74 Å². The first kappa shape index (κ1) is 18.3. The number of hydrogen-bond donors (Lipinski definition) is 2. The van der Waals surface area contributed by atoms with Crippen molar-refractivity contribution in [3.05, 3.63) is 0 Å². The molecule has 1 rings (SSSR count). The Morgan fingerprint density at radius 1 is 1.29 bits per heavy atom. The molecular weight excluding hydrogens is 266 g/mol. The highest BCUT2D eigenvalue weighted by atomic mass is 16.6. The Morgan fingerprint density at radius 3 is 2.29 bits per heavy atom. The van der Waals surface area contributed by atoms with E-state index in [9.17, 15) is 9.90 Å². The predicted octanol–water partition coefficient (Wildman–Crippen LogP) is 3.73. The van der Waals surface area contributed by atoms with Gasteiger partial charge >= 0.3 is 6.09 Å². The number of carbonyl (C=O) groups is 1. The lowest BCUT2D eigenvalue weighted by Gasteiger charge is -2.38. The van der Waals surface area contributed by atoms with Gasteiger partial charge < -0.3 is 15.2 Å². The van der Waals surface area contributed by atoms with Gasteiger partial charge in [0.2, 0.25) is 0 Å². The summed E-state index contributed by atoms with van der Waals surface area (Å²) in [5.74, 6) is 0.998. The molecule has 1 unspecified atom stereocenters. The molecular formula is C17H33NO3. The summed E-state index contributed by atoms with van der Waals surface area (Å²) in [4.78, 5) is 11.9. The molecule has 1 atom stereocenters. The van der Waals surface area contributed by atoms with E-state index < -0.39 is 11.7 Å². The van der Waals surface area contributed by atoms with Crippen molar-refractivity contribution >= 4 is 6.09 Å². The molecule has 4 heteroatoms. The molecule has 0 saturated heterocycles. The number of hydrogen-bond acceptors (Lipinski definition) is 3. The molecule has 1 amide bonds. The zero-order valence-corrected chi connectivity index (χ0v) is 14.4. The second-order valence-electron chi connectivity index (χ2n) is 7.89. The molecule has 21 heavy (non-hydrogen) atoms. The number of alkyl carbamates (subject to hydrolysis) is 1. The van der Waals surface area contributed by atoms with Gasteiger partial charge in [0.25, 0.3) is 0 Å². The molecule has 0 heterocycles. The van der Waals surface area contributed by atoms with Gasteiger partial charge in [-0.1, -0.05) is 39.5 Å². The number of nitrogens with one attached hydrogen (secondary N) is 1. The second-order valence-corrected chi connectivity index (χ2v) is 7.89. The van der Waals surface area contributed by atoms with Crippen molar-refractivity contribution in [2.45, 2.75) is 72.3 Å². The van der Waals surface area contributed by atoms with E-state index in [1.165, 1.54) is 25.7 Å². The van der Waals surface area contributed by atoms with E-state index in [4.69, 9.17) is 4.74 Å². The molecule has 1 aliphatic rings. The van der Waals surface area contributed by atoms with Gasteiger partial charge in [-0.3, -0.25) is 0 Å². The first-order chi connectivity index (χ1) is 9.68. The third-order valence-corrected chi connectivity index (χ3v) is 4.69. The summed E-state index contributed by atoms with van der Waals surface area (Å²) in [5.41, 5.74) is -0.735. The minimum Gasteiger partial charge on any atom is -0.444 e. The number of aliphatic hydroxyl groups excluding tert-OH is 1. The zero-order valence-electron chi connectivity index (χ0n) is 14.4. The van der Waals surface area contributed by atoms with Gasteiger partial charge in [-0.05, 0) is 39.0 Å². The van der Waals surface area contributed by atoms with E-state index in [-0.39, 0.29) is 12.0 Å². The maximum Gasteiger partial charge on any atom is 0.407 e. The highest BCUT2D eigenvalue weighted by Gasteiger charge is 2.37. The van der Waals surface area contributed by atoms with Crippen LogP contribution in [0.3, 0.4) is 0 Å². The molecule has 0 bridgehead atoms. The average Bonchev–Trinajstić information content (AvgIpc) is 2.84. The van der Waals surface area contributed by atoms with Crippen LogP contribution in [0, 0.1) is 17.3 Å². The van der Waals surface area contributed by atoms with Crippen molar-refractivity contribution in [3.63, 3.8) is 0 Å². The average molecular weight is 299 g/mol. The van der Waals surface area contributed by atoms with Crippen LogP contribution < -0.4 is 5.32 Å². The molecule has 1 aliphatic carbocycles. The van der Waals surface area contributed by atoms with Gasteiger partial charge in [-0.2, -0.15) is 0 Å². The van der Waals surface area contributed by atoms with Crippen LogP contribution in [-0.4, -0.2) is 30.0 Å². The van der Waals surface area contributed by atoms with Crippen LogP contribution in [0.1, 0.15) is 66.7 Å². The predicted molar refractivity (Wildman–Crippen MR) is 85.2 cm³/mol. The molecule has 1 saturated carbocycles. The topological polar surface area (TPSA) is 58.6 Å². The third-order valence-electron chi connectivity index (χ3n) is 4.69.